The van der Waals surface area contributed by atoms with E-state index in [1.165, 1.54) is 24.3 Å². The van der Waals surface area contributed by atoms with Gasteiger partial charge in [0, 0.05) is 39.8 Å². The summed E-state index contributed by atoms with van der Waals surface area (Å²) in [5.41, 5.74) is 10.9. The van der Waals surface area contributed by atoms with Gasteiger partial charge >= 0.3 is 0 Å². The third-order valence-electron chi connectivity index (χ3n) is 11.7. The number of aryl methyl sites for hydroxylation is 2. The van der Waals surface area contributed by atoms with Crippen molar-refractivity contribution >= 4 is 0 Å². The molecule has 0 spiro atoms. The molecular weight excluding hydrogens is 787 g/mol. The van der Waals surface area contributed by atoms with Crippen LogP contribution in [0.2, 0.25) is 0 Å². The van der Waals surface area contributed by atoms with E-state index in [4.69, 9.17) is 9.47 Å². The van der Waals surface area contributed by atoms with Crippen molar-refractivity contribution in [1.82, 2.24) is 0 Å². The Morgan fingerprint density at radius 1 is 0.397 bits per heavy atom. The highest BCUT2D eigenvalue weighted by Gasteiger charge is 2.26. The Bertz CT molecular complexity index is 2400. The summed E-state index contributed by atoms with van der Waals surface area (Å²) in [6.45, 7) is 30.5. The van der Waals surface area contributed by atoms with Crippen LogP contribution in [0.5, 0.6) is 23.0 Å². The molecule has 6 aromatic rings. The summed E-state index contributed by atoms with van der Waals surface area (Å²) < 4.78 is 42.6. The average molecular weight is 853 g/mol. The van der Waals surface area contributed by atoms with Gasteiger partial charge in [0.1, 0.15) is 34.6 Å². The molecule has 4 nitrogen and oxygen atoms in total. The molecule has 6 rings (SSSR count). The largest absolute Gasteiger partial charge is 0.507 e. The number of aromatic hydroxyl groups is 2. The number of hydrogen-bond donors (Lipinski definition) is 2. The highest BCUT2D eigenvalue weighted by atomic mass is 19.1. The molecule has 0 saturated heterocycles. The Kier molecular flexibility index (Phi) is 13.0. The molecule has 6 heteroatoms. The fourth-order valence-corrected chi connectivity index (χ4v) is 7.81. The molecule has 0 aromatic heterocycles. The Labute approximate surface area is 375 Å². The number of phenolic OH excluding ortho intramolecular Hbond substituents is 2. The first-order valence-electron chi connectivity index (χ1n) is 22.1. The van der Waals surface area contributed by atoms with Crippen LogP contribution in [0.1, 0.15) is 123 Å². The molecule has 0 unspecified atom stereocenters. The number of ether oxygens (including phenoxy) is 2. The van der Waals surface area contributed by atoms with Gasteiger partial charge in [-0.1, -0.05) is 119 Å². The van der Waals surface area contributed by atoms with Gasteiger partial charge in [0.25, 0.3) is 0 Å². The molecule has 6 aromatic carbocycles. The van der Waals surface area contributed by atoms with Crippen LogP contribution in [-0.4, -0.2) is 23.4 Å². The summed E-state index contributed by atoms with van der Waals surface area (Å²) in [4.78, 5) is 0. The van der Waals surface area contributed by atoms with Crippen molar-refractivity contribution in [3.8, 4) is 67.5 Å². The second-order valence-corrected chi connectivity index (χ2v) is 21.3. The van der Waals surface area contributed by atoms with Gasteiger partial charge in [0.15, 0.2) is 0 Å². The molecular formula is C57H66F2O4. The molecule has 0 aliphatic heterocycles. The first-order valence-corrected chi connectivity index (χ1v) is 22.1. The lowest BCUT2D eigenvalue weighted by Crippen LogP contribution is -2.16. The molecule has 63 heavy (non-hydrogen) atoms. The number of benzene rings is 6. The lowest BCUT2D eigenvalue weighted by atomic mass is 9.78. The van der Waals surface area contributed by atoms with Crippen molar-refractivity contribution in [3.63, 3.8) is 0 Å². The lowest BCUT2D eigenvalue weighted by molar-refractivity contribution is 0.248. The topological polar surface area (TPSA) is 58.9 Å². The Hall–Kier alpha value is -5.62. The summed E-state index contributed by atoms with van der Waals surface area (Å²) in [5.74, 6) is 0.0481. The van der Waals surface area contributed by atoms with Crippen LogP contribution < -0.4 is 9.47 Å². The molecule has 0 aliphatic carbocycles. The highest BCUT2D eigenvalue weighted by Crippen LogP contribution is 2.47. The number of hydrogen-bond acceptors (Lipinski definition) is 4. The van der Waals surface area contributed by atoms with E-state index in [1.54, 1.807) is 12.1 Å². The van der Waals surface area contributed by atoms with Crippen LogP contribution in [0.3, 0.4) is 0 Å². The van der Waals surface area contributed by atoms with Crippen LogP contribution in [0.25, 0.3) is 44.5 Å². The van der Waals surface area contributed by atoms with Gasteiger partial charge in [-0.25, -0.2) is 8.78 Å². The van der Waals surface area contributed by atoms with Crippen molar-refractivity contribution in [3.05, 3.63) is 142 Å². The van der Waals surface area contributed by atoms with Crippen molar-refractivity contribution in [2.45, 2.75) is 125 Å². The van der Waals surface area contributed by atoms with Crippen LogP contribution >= 0.6 is 0 Å². The standard InChI is InChI=1S/C57H66F2O4/c1-34-22-44(36-26-38(54(3,4)5)30-39(27-36)55(6,7)8)52(60)48(24-34)46-32-42(58)16-18-50(46)62-20-15-21-63-51-19-17-43(59)33-47(51)49-25-35(2)23-45(53(49)61)37-28-40(56(9,10)11)31-41(29-37)57(12,13)14/h16-19,22-33,60-61H,15,20-21H2,1-14H3. The van der Waals surface area contributed by atoms with Gasteiger partial charge in [-0.15, -0.1) is 0 Å². The van der Waals surface area contributed by atoms with E-state index in [0.29, 0.717) is 51.3 Å². The van der Waals surface area contributed by atoms with Gasteiger partial charge in [-0.05, 0) is 141 Å². The van der Waals surface area contributed by atoms with E-state index in [0.717, 1.165) is 44.5 Å². The van der Waals surface area contributed by atoms with Crippen molar-refractivity contribution in [1.29, 1.82) is 0 Å². The second kappa shape index (κ2) is 17.5. The van der Waals surface area contributed by atoms with Crippen LogP contribution in [0.15, 0.2) is 97.1 Å². The summed E-state index contributed by atoms with van der Waals surface area (Å²) in [6, 6.07) is 29.3. The van der Waals surface area contributed by atoms with Crippen molar-refractivity contribution in [2.24, 2.45) is 0 Å². The fraction of sp³-hybridized carbons (Fsp3) is 0.368. The molecule has 332 valence electrons. The molecule has 2 N–H and O–H groups in total. The minimum atomic E-state index is -0.448. The van der Waals surface area contributed by atoms with E-state index < -0.39 is 11.6 Å². The zero-order valence-corrected chi connectivity index (χ0v) is 39.8. The molecule has 0 amide bonds. The normalized spacial score (nSPS) is 12.4. The second-order valence-electron chi connectivity index (χ2n) is 21.3. The molecule has 0 heterocycles. The lowest BCUT2D eigenvalue weighted by Gasteiger charge is -2.26. The maximum atomic E-state index is 15.0. The van der Waals surface area contributed by atoms with Gasteiger partial charge in [0.05, 0.1) is 13.2 Å². The maximum absolute atomic E-state index is 15.0. The molecule has 0 atom stereocenters. The van der Waals surface area contributed by atoms with Crippen LogP contribution in [0, 0.1) is 25.5 Å². The van der Waals surface area contributed by atoms with E-state index >= 15 is 0 Å². The van der Waals surface area contributed by atoms with Crippen LogP contribution in [0.4, 0.5) is 8.78 Å². The summed E-state index contributed by atoms with van der Waals surface area (Å²) >= 11 is 0. The van der Waals surface area contributed by atoms with Gasteiger partial charge < -0.3 is 19.7 Å². The smallest absolute Gasteiger partial charge is 0.131 e. The zero-order valence-electron chi connectivity index (χ0n) is 39.8. The Morgan fingerprint density at radius 2 is 0.698 bits per heavy atom. The van der Waals surface area contributed by atoms with E-state index in [-0.39, 0.29) is 46.4 Å². The van der Waals surface area contributed by atoms with Gasteiger partial charge in [0.2, 0.25) is 0 Å². The van der Waals surface area contributed by atoms with E-state index in [2.05, 4.69) is 119 Å². The quantitative estimate of drug-likeness (QED) is 0.135. The van der Waals surface area contributed by atoms with Gasteiger partial charge in [-0.2, -0.15) is 0 Å². The Balaban J connectivity index is 1.26. The maximum Gasteiger partial charge on any atom is 0.131 e. The first-order chi connectivity index (χ1) is 29.2. The predicted octanol–water partition coefficient (Wildman–Crippen LogP) is 15.7. The van der Waals surface area contributed by atoms with Gasteiger partial charge in [-0.3, -0.25) is 0 Å². The van der Waals surface area contributed by atoms with Crippen molar-refractivity contribution < 1.29 is 28.5 Å². The number of phenols is 2. The Morgan fingerprint density at radius 3 is 1.00 bits per heavy atom. The fourth-order valence-electron chi connectivity index (χ4n) is 7.81. The number of halogens is 2. The summed E-state index contributed by atoms with van der Waals surface area (Å²) in [7, 11) is 0. The first kappa shape index (κ1) is 46.9. The van der Waals surface area contributed by atoms with E-state index in [1.807, 2.05) is 38.1 Å². The average Bonchev–Trinajstić information content (AvgIpc) is 3.18. The van der Waals surface area contributed by atoms with Crippen LogP contribution in [-0.2, 0) is 21.7 Å². The SMILES string of the molecule is Cc1cc(-c2cc(C(C)(C)C)cc(C(C)(C)C)c2)c(O)c(-c2cc(F)ccc2OCCCOc2ccc(F)cc2-c2cc(C)cc(-c3cc(C(C)(C)C)cc(C(C)(C)C)c3)c2O)c1. The molecule has 0 bridgehead atoms. The molecule has 0 aliphatic rings. The van der Waals surface area contributed by atoms with Crippen molar-refractivity contribution in [2.75, 3.05) is 13.2 Å². The molecule has 0 saturated carbocycles. The molecule has 0 radical (unpaired) electrons. The highest BCUT2D eigenvalue weighted by molar-refractivity contribution is 5.87. The summed E-state index contributed by atoms with van der Waals surface area (Å²) in [5, 5.41) is 23.9. The third kappa shape index (κ3) is 10.8. The van der Waals surface area contributed by atoms with E-state index in [9.17, 15) is 19.0 Å². The minimum absolute atomic E-state index is 0.0493. The zero-order chi connectivity index (χ0) is 46.4. The minimum Gasteiger partial charge on any atom is -0.507 e. The molecule has 0 fully saturated rings. The monoisotopic (exact) mass is 852 g/mol. The number of rotatable bonds is 10. The predicted molar refractivity (Wildman–Crippen MR) is 258 cm³/mol. The summed E-state index contributed by atoms with van der Waals surface area (Å²) in [6.07, 6.45) is 0.439. The third-order valence-corrected chi connectivity index (χ3v) is 11.7.